The second kappa shape index (κ2) is 5.57. The lowest BCUT2D eigenvalue weighted by Crippen LogP contribution is -2.20. The van der Waals surface area contributed by atoms with Crippen molar-refractivity contribution in [1.82, 2.24) is 10.3 Å². The summed E-state index contributed by atoms with van der Waals surface area (Å²) in [5, 5.41) is 2.55. The Morgan fingerprint density at radius 3 is 2.07 bits per heavy atom. The quantitative estimate of drug-likeness (QED) is 0.257. The molecule has 0 fully saturated rings. The monoisotopic (exact) mass is 399 g/mol. The minimum atomic E-state index is -1.19. The number of carbonyl (C=O) groups is 2. The van der Waals surface area contributed by atoms with E-state index in [2.05, 4.69) is 10.3 Å². The van der Waals surface area contributed by atoms with E-state index in [1.165, 1.54) is 6.07 Å². The van der Waals surface area contributed by atoms with Gasteiger partial charge < -0.3 is 10.7 Å². The number of amides is 2. The van der Waals surface area contributed by atoms with Crippen molar-refractivity contribution < 1.29 is 27.2 Å². The summed E-state index contributed by atoms with van der Waals surface area (Å²) >= 11 is 0. The Morgan fingerprint density at radius 1 is 0.690 bits per heavy atom. The number of H-pyrrole nitrogens is 1. The van der Waals surface area contributed by atoms with Gasteiger partial charge in [-0.3, -0.25) is 14.9 Å². The Balaban J connectivity index is 1.97. The molecule has 4 N–H and O–H groups in total. The zero-order valence-corrected chi connectivity index (χ0v) is 14.3. The van der Waals surface area contributed by atoms with E-state index in [0.29, 0.717) is 0 Å². The van der Waals surface area contributed by atoms with Crippen LogP contribution in [-0.2, 0) is 0 Å². The van der Waals surface area contributed by atoms with Crippen molar-refractivity contribution in [3.8, 4) is 11.1 Å². The van der Waals surface area contributed by atoms with Crippen LogP contribution in [0.2, 0.25) is 0 Å². The number of aromatic nitrogens is 1. The molecule has 1 aromatic heterocycles. The highest BCUT2D eigenvalue weighted by Gasteiger charge is 2.34. The van der Waals surface area contributed by atoms with Crippen molar-refractivity contribution in [1.29, 1.82) is 0 Å². The summed E-state index contributed by atoms with van der Waals surface area (Å²) in [7, 11) is 0. The molecule has 0 atom stereocenters. The highest BCUT2D eigenvalue weighted by Crippen LogP contribution is 2.41. The molecule has 29 heavy (non-hydrogen) atoms. The summed E-state index contributed by atoms with van der Waals surface area (Å²) in [6.45, 7) is 0. The Bertz CT molecular complexity index is 1430. The third-order valence-electron chi connectivity index (χ3n) is 4.99. The lowest BCUT2D eigenvalue weighted by atomic mass is 9.92. The molecule has 3 aromatic carbocycles. The number of carbonyl (C=O) groups excluding carboxylic acids is 2. The topological polar surface area (TPSA) is 88.0 Å². The maximum absolute atomic E-state index is 13.9. The molecule has 1 aliphatic rings. The van der Waals surface area contributed by atoms with E-state index in [0.717, 1.165) is 24.3 Å². The van der Waals surface area contributed by atoms with Crippen LogP contribution >= 0.6 is 0 Å². The number of rotatable bonds is 1. The Hall–Kier alpha value is -3.88. The van der Waals surface area contributed by atoms with Crippen molar-refractivity contribution in [2.75, 3.05) is 5.73 Å². The van der Waals surface area contributed by atoms with E-state index in [9.17, 15) is 27.2 Å². The lowest BCUT2D eigenvalue weighted by molar-refractivity contribution is 0.0880. The van der Waals surface area contributed by atoms with Crippen LogP contribution in [-0.4, -0.2) is 16.8 Å². The fourth-order valence-electron chi connectivity index (χ4n) is 3.76. The Kier molecular flexibility index (Phi) is 3.31. The van der Waals surface area contributed by atoms with Gasteiger partial charge in [-0.1, -0.05) is 0 Å². The first-order valence-corrected chi connectivity index (χ1v) is 8.34. The second-order valence-corrected chi connectivity index (χ2v) is 6.67. The molecule has 1 aliphatic heterocycles. The lowest BCUT2D eigenvalue weighted by Gasteiger charge is -2.11. The Labute approximate surface area is 159 Å². The average Bonchev–Trinajstić information content (AvgIpc) is 3.14. The molecular weight excluding hydrogens is 390 g/mol. The summed E-state index contributed by atoms with van der Waals surface area (Å²) < 4.78 is 54.8. The molecule has 0 radical (unpaired) electrons. The maximum atomic E-state index is 13.9. The van der Waals surface area contributed by atoms with Gasteiger partial charge in [-0.05, 0) is 23.8 Å². The molecule has 0 spiro atoms. The van der Waals surface area contributed by atoms with Crippen molar-refractivity contribution in [3.63, 3.8) is 0 Å². The molecule has 4 aromatic rings. The van der Waals surface area contributed by atoms with Crippen LogP contribution in [0.5, 0.6) is 0 Å². The molecule has 144 valence electrons. The van der Waals surface area contributed by atoms with Crippen molar-refractivity contribution in [3.05, 3.63) is 64.7 Å². The van der Waals surface area contributed by atoms with Gasteiger partial charge in [0.15, 0.2) is 23.3 Å². The highest BCUT2D eigenvalue weighted by atomic mass is 19.2. The molecule has 0 aliphatic carbocycles. The number of hydrogen-bond acceptors (Lipinski definition) is 3. The molecule has 9 heteroatoms. The zero-order chi connectivity index (χ0) is 20.6. The SMILES string of the molecule is Nc1cc(F)c(F)cc1-c1cc2[nH]c3cc(F)c(F)cc3c2c2c1C(=O)NC2=O. The number of halogens is 4. The van der Waals surface area contributed by atoms with Crippen molar-refractivity contribution in [2.45, 2.75) is 0 Å². The molecule has 0 saturated carbocycles. The van der Waals surface area contributed by atoms with Crippen LogP contribution < -0.4 is 11.1 Å². The molecule has 5 rings (SSSR count). The van der Waals surface area contributed by atoms with Crippen LogP contribution in [0, 0.1) is 23.3 Å². The number of nitrogens with one attached hydrogen (secondary N) is 2. The smallest absolute Gasteiger partial charge is 0.259 e. The summed E-state index contributed by atoms with van der Waals surface area (Å²) in [5.74, 6) is -6.07. The number of imide groups is 1. The van der Waals surface area contributed by atoms with Crippen molar-refractivity contribution in [2.24, 2.45) is 0 Å². The zero-order valence-electron chi connectivity index (χ0n) is 14.3. The number of nitrogens with two attached hydrogens (primary N) is 1. The van der Waals surface area contributed by atoms with Gasteiger partial charge >= 0.3 is 0 Å². The Morgan fingerprint density at radius 2 is 1.31 bits per heavy atom. The first-order valence-electron chi connectivity index (χ1n) is 8.34. The molecule has 2 amide bonds. The van der Waals surface area contributed by atoms with E-state index in [-0.39, 0.29) is 49.7 Å². The predicted molar refractivity (Wildman–Crippen MR) is 97.3 cm³/mol. The largest absolute Gasteiger partial charge is 0.398 e. The summed E-state index contributed by atoms with van der Waals surface area (Å²) in [6.07, 6.45) is 0. The van der Waals surface area contributed by atoms with Crippen LogP contribution in [0.4, 0.5) is 23.2 Å². The van der Waals surface area contributed by atoms with Gasteiger partial charge in [-0.25, -0.2) is 17.6 Å². The summed E-state index contributed by atoms with van der Waals surface area (Å²) in [5.41, 5.74) is 6.04. The number of nitrogen functional groups attached to an aromatic ring is 1. The molecule has 0 unspecified atom stereocenters. The molecule has 0 bridgehead atoms. The minimum absolute atomic E-state index is 0.00270. The molecular formula is C20H9F4N3O2. The summed E-state index contributed by atoms with van der Waals surface area (Å²) in [4.78, 5) is 27.8. The predicted octanol–water partition coefficient (Wildman–Crippen LogP) is 4.01. The number of benzene rings is 3. The normalized spacial score (nSPS) is 13.4. The fourth-order valence-corrected chi connectivity index (χ4v) is 3.76. The standard InChI is InChI=1S/C20H9F4N3O2/c21-9-1-6(13(25)4-11(9)23)7-3-15-16(18-17(7)19(28)27-20(18)29)8-2-10(22)12(24)5-14(8)26-15/h1-5,26H,25H2,(H,27,28,29). The third-order valence-corrected chi connectivity index (χ3v) is 4.99. The van der Waals surface area contributed by atoms with E-state index < -0.39 is 35.1 Å². The van der Waals surface area contributed by atoms with Gasteiger partial charge in [0, 0.05) is 45.2 Å². The minimum Gasteiger partial charge on any atom is -0.398 e. The molecule has 2 heterocycles. The van der Waals surface area contributed by atoms with Gasteiger partial charge in [-0.2, -0.15) is 0 Å². The first kappa shape index (κ1) is 17.2. The fraction of sp³-hybridized carbons (Fsp3) is 0. The van der Waals surface area contributed by atoms with E-state index in [1.807, 2.05) is 0 Å². The van der Waals surface area contributed by atoms with Crippen molar-refractivity contribution >= 4 is 39.3 Å². The molecule has 0 saturated heterocycles. The van der Waals surface area contributed by atoms with Crippen LogP contribution in [0.25, 0.3) is 32.9 Å². The van der Waals surface area contributed by atoms with Gasteiger partial charge in [0.2, 0.25) is 0 Å². The number of aromatic amines is 1. The summed E-state index contributed by atoms with van der Waals surface area (Å²) in [6, 6.07) is 4.85. The maximum Gasteiger partial charge on any atom is 0.259 e. The number of hydrogen-bond donors (Lipinski definition) is 3. The second-order valence-electron chi connectivity index (χ2n) is 6.67. The van der Waals surface area contributed by atoms with Crippen LogP contribution in [0.1, 0.15) is 20.7 Å². The number of anilines is 1. The van der Waals surface area contributed by atoms with Gasteiger partial charge in [-0.15, -0.1) is 0 Å². The van der Waals surface area contributed by atoms with Gasteiger partial charge in [0.05, 0.1) is 11.1 Å². The third kappa shape index (κ3) is 2.27. The van der Waals surface area contributed by atoms with Gasteiger partial charge in [0.25, 0.3) is 11.8 Å². The molecule has 5 nitrogen and oxygen atoms in total. The van der Waals surface area contributed by atoms with Crippen LogP contribution in [0.15, 0.2) is 30.3 Å². The van der Waals surface area contributed by atoms with E-state index in [4.69, 9.17) is 5.73 Å². The van der Waals surface area contributed by atoms with E-state index in [1.54, 1.807) is 0 Å². The van der Waals surface area contributed by atoms with Gasteiger partial charge in [0.1, 0.15) is 0 Å². The highest BCUT2D eigenvalue weighted by molar-refractivity contribution is 6.32. The average molecular weight is 399 g/mol. The van der Waals surface area contributed by atoms with E-state index >= 15 is 0 Å². The number of fused-ring (bicyclic) bond motifs is 5. The van der Waals surface area contributed by atoms with Crippen LogP contribution in [0.3, 0.4) is 0 Å². The first-order chi connectivity index (χ1) is 13.8.